The number of rotatable bonds is 5. The van der Waals surface area contributed by atoms with Crippen molar-refractivity contribution in [3.05, 3.63) is 48.5 Å². The first-order chi connectivity index (χ1) is 12.0. The van der Waals surface area contributed by atoms with Gasteiger partial charge in [0.05, 0.1) is 23.5 Å². The second-order valence-corrected chi connectivity index (χ2v) is 5.36. The maximum absolute atomic E-state index is 12.4. The Balaban J connectivity index is 1.67. The average molecular weight is 347 g/mol. The van der Waals surface area contributed by atoms with Crippen molar-refractivity contribution in [2.45, 2.75) is 19.1 Å². The molecule has 3 rings (SSSR count). The Morgan fingerprint density at radius 3 is 2.56 bits per heavy atom. The molecule has 0 aromatic heterocycles. The molecule has 0 bridgehead atoms. The standard InChI is InChI=1S/C17H15F2N3O3/c18-17(19)25-14-8-4-3-7-12(14)21-15(23)9-13-16(24)22-11-6-2-1-5-10(11)20-13/h1-8,13,17,20H,9H2,(H,21,23)(H,22,24). The van der Waals surface area contributed by atoms with Gasteiger partial charge in [0.1, 0.15) is 11.8 Å². The fourth-order valence-corrected chi connectivity index (χ4v) is 2.49. The molecule has 2 amide bonds. The predicted molar refractivity (Wildman–Crippen MR) is 88.8 cm³/mol. The summed E-state index contributed by atoms with van der Waals surface area (Å²) in [5.41, 5.74) is 1.46. The molecule has 1 unspecified atom stereocenters. The highest BCUT2D eigenvalue weighted by Gasteiger charge is 2.27. The van der Waals surface area contributed by atoms with Gasteiger partial charge in [-0.25, -0.2) is 0 Å². The zero-order valence-corrected chi connectivity index (χ0v) is 13.0. The van der Waals surface area contributed by atoms with Crippen LogP contribution in [-0.2, 0) is 9.59 Å². The highest BCUT2D eigenvalue weighted by atomic mass is 19.3. The normalized spacial score (nSPS) is 15.8. The topological polar surface area (TPSA) is 79.5 Å². The lowest BCUT2D eigenvalue weighted by Gasteiger charge is -2.26. The smallest absolute Gasteiger partial charge is 0.387 e. The Morgan fingerprint density at radius 2 is 1.80 bits per heavy atom. The summed E-state index contributed by atoms with van der Waals surface area (Å²) in [4.78, 5) is 24.3. The zero-order chi connectivity index (χ0) is 17.8. The molecule has 0 saturated carbocycles. The van der Waals surface area contributed by atoms with Crippen molar-refractivity contribution in [2.75, 3.05) is 16.0 Å². The van der Waals surface area contributed by atoms with Crippen molar-refractivity contribution in [1.29, 1.82) is 0 Å². The average Bonchev–Trinajstić information content (AvgIpc) is 2.57. The largest absolute Gasteiger partial charge is 0.433 e. The second kappa shape index (κ2) is 7.16. The van der Waals surface area contributed by atoms with Gasteiger partial charge in [0.15, 0.2) is 0 Å². The maximum atomic E-state index is 12.4. The van der Waals surface area contributed by atoms with Crippen molar-refractivity contribution in [2.24, 2.45) is 0 Å². The van der Waals surface area contributed by atoms with Gasteiger partial charge in [-0.1, -0.05) is 24.3 Å². The number of hydrogen-bond acceptors (Lipinski definition) is 4. The van der Waals surface area contributed by atoms with E-state index in [1.54, 1.807) is 30.3 Å². The number of para-hydroxylation sites is 4. The molecule has 3 N–H and O–H groups in total. The fourth-order valence-electron chi connectivity index (χ4n) is 2.49. The molecule has 0 spiro atoms. The number of halogens is 2. The number of nitrogens with one attached hydrogen (secondary N) is 3. The third kappa shape index (κ3) is 4.03. The highest BCUT2D eigenvalue weighted by Crippen LogP contribution is 2.28. The maximum Gasteiger partial charge on any atom is 0.387 e. The Kier molecular flexibility index (Phi) is 4.78. The minimum absolute atomic E-state index is 0.115. The van der Waals surface area contributed by atoms with Crippen molar-refractivity contribution < 1.29 is 23.1 Å². The third-order valence-corrected chi connectivity index (χ3v) is 3.60. The first-order valence-corrected chi connectivity index (χ1v) is 7.53. The molecule has 2 aromatic carbocycles. The highest BCUT2D eigenvalue weighted by molar-refractivity contribution is 6.06. The van der Waals surface area contributed by atoms with Crippen LogP contribution in [0.3, 0.4) is 0 Å². The van der Waals surface area contributed by atoms with E-state index < -0.39 is 18.6 Å². The molecule has 25 heavy (non-hydrogen) atoms. The van der Waals surface area contributed by atoms with E-state index in [2.05, 4.69) is 20.7 Å². The van der Waals surface area contributed by atoms with Gasteiger partial charge in [0.2, 0.25) is 11.8 Å². The van der Waals surface area contributed by atoms with Crippen LogP contribution in [0.15, 0.2) is 48.5 Å². The molecular formula is C17H15F2N3O3. The first kappa shape index (κ1) is 16.7. The van der Waals surface area contributed by atoms with Gasteiger partial charge in [0.25, 0.3) is 0 Å². The summed E-state index contributed by atoms with van der Waals surface area (Å²) in [7, 11) is 0. The van der Waals surface area contributed by atoms with Gasteiger partial charge >= 0.3 is 6.61 Å². The second-order valence-electron chi connectivity index (χ2n) is 5.36. The number of amides is 2. The van der Waals surface area contributed by atoms with Crippen molar-refractivity contribution in [1.82, 2.24) is 0 Å². The predicted octanol–water partition coefficient (Wildman–Crippen LogP) is 3.05. The summed E-state index contributed by atoms with van der Waals surface area (Å²) in [5.74, 6) is -0.986. The molecule has 0 aliphatic carbocycles. The van der Waals surface area contributed by atoms with Crippen LogP contribution in [0, 0.1) is 0 Å². The molecule has 0 saturated heterocycles. The summed E-state index contributed by atoms with van der Waals surface area (Å²) in [6, 6.07) is 12.2. The minimum Gasteiger partial charge on any atom is -0.433 e. The fraction of sp³-hybridized carbons (Fsp3) is 0.176. The summed E-state index contributed by atoms with van der Waals surface area (Å²) >= 11 is 0. The van der Waals surface area contributed by atoms with Crippen LogP contribution < -0.4 is 20.7 Å². The Labute approximate surface area is 142 Å². The lowest BCUT2D eigenvalue weighted by Crippen LogP contribution is -2.41. The lowest BCUT2D eigenvalue weighted by atomic mass is 10.1. The minimum atomic E-state index is -3.00. The number of carbonyl (C=O) groups is 2. The molecule has 1 atom stereocenters. The van der Waals surface area contributed by atoms with Crippen LogP contribution in [0.1, 0.15) is 6.42 Å². The van der Waals surface area contributed by atoms with Crippen molar-refractivity contribution in [3.8, 4) is 5.75 Å². The molecule has 8 heteroatoms. The number of carbonyl (C=O) groups excluding carboxylic acids is 2. The quantitative estimate of drug-likeness (QED) is 0.777. The molecule has 0 fully saturated rings. The number of ether oxygens (including phenoxy) is 1. The van der Waals surface area contributed by atoms with E-state index in [0.29, 0.717) is 11.4 Å². The van der Waals surface area contributed by atoms with Crippen molar-refractivity contribution >= 4 is 28.9 Å². The molecule has 130 valence electrons. The Morgan fingerprint density at radius 1 is 1.12 bits per heavy atom. The van der Waals surface area contributed by atoms with Gasteiger partial charge in [0, 0.05) is 0 Å². The van der Waals surface area contributed by atoms with Crippen molar-refractivity contribution in [3.63, 3.8) is 0 Å². The number of alkyl halides is 2. The van der Waals surface area contributed by atoms with Gasteiger partial charge in [-0.3, -0.25) is 9.59 Å². The zero-order valence-electron chi connectivity index (χ0n) is 13.0. The van der Waals surface area contributed by atoms with Crippen LogP contribution in [0.4, 0.5) is 25.8 Å². The van der Waals surface area contributed by atoms with Gasteiger partial charge in [-0.05, 0) is 24.3 Å². The molecule has 2 aromatic rings. The van der Waals surface area contributed by atoms with Crippen LogP contribution in [0.25, 0.3) is 0 Å². The number of fused-ring (bicyclic) bond motifs is 1. The Hall–Kier alpha value is -3.16. The SMILES string of the molecule is O=C(CC1Nc2ccccc2NC1=O)Nc1ccccc1OC(F)F. The molecule has 0 radical (unpaired) electrons. The van der Waals surface area contributed by atoms with Crippen LogP contribution in [0.2, 0.25) is 0 Å². The molecule has 1 aliphatic heterocycles. The monoisotopic (exact) mass is 347 g/mol. The first-order valence-electron chi connectivity index (χ1n) is 7.53. The summed E-state index contributed by atoms with van der Waals surface area (Å²) < 4.78 is 29.2. The van der Waals surface area contributed by atoms with E-state index in [4.69, 9.17) is 0 Å². The molecule has 1 heterocycles. The Bertz CT molecular complexity index is 798. The van der Waals surface area contributed by atoms with E-state index >= 15 is 0 Å². The van der Waals surface area contributed by atoms with E-state index in [-0.39, 0.29) is 23.8 Å². The van der Waals surface area contributed by atoms with Crippen LogP contribution in [0.5, 0.6) is 5.75 Å². The van der Waals surface area contributed by atoms with E-state index in [1.165, 1.54) is 18.2 Å². The number of benzene rings is 2. The van der Waals surface area contributed by atoms with Gasteiger partial charge in [-0.2, -0.15) is 8.78 Å². The van der Waals surface area contributed by atoms with Gasteiger partial charge in [-0.15, -0.1) is 0 Å². The molecule has 1 aliphatic rings. The van der Waals surface area contributed by atoms with E-state index in [0.717, 1.165) is 0 Å². The van der Waals surface area contributed by atoms with Crippen LogP contribution >= 0.6 is 0 Å². The molecule has 6 nitrogen and oxygen atoms in total. The third-order valence-electron chi connectivity index (χ3n) is 3.60. The van der Waals surface area contributed by atoms with Crippen LogP contribution in [-0.4, -0.2) is 24.5 Å². The number of anilines is 3. The number of hydrogen-bond donors (Lipinski definition) is 3. The van der Waals surface area contributed by atoms with Gasteiger partial charge < -0.3 is 20.7 Å². The molecular weight excluding hydrogens is 332 g/mol. The van der Waals surface area contributed by atoms with E-state index in [9.17, 15) is 18.4 Å². The van der Waals surface area contributed by atoms with E-state index in [1.807, 2.05) is 0 Å². The summed E-state index contributed by atoms with van der Waals surface area (Å²) in [5, 5.41) is 8.19. The lowest BCUT2D eigenvalue weighted by molar-refractivity contribution is -0.122. The summed E-state index contributed by atoms with van der Waals surface area (Å²) in [6.07, 6.45) is -0.164. The summed E-state index contributed by atoms with van der Waals surface area (Å²) in [6.45, 7) is -3.00.